The van der Waals surface area contributed by atoms with Crippen molar-refractivity contribution in [1.82, 2.24) is 0 Å². The number of hydrogen-bond acceptors (Lipinski definition) is 4. The second kappa shape index (κ2) is 9.28. The Morgan fingerprint density at radius 3 is 2.54 bits per heavy atom. The SMILES string of the molecule is CCCCCCCOOOC(N)=O. The summed E-state index contributed by atoms with van der Waals surface area (Å²) in [6.45, 7) is 2.57. The highest BCUT2D eigenvalue weighted by Gasteiger charge is 1.95. The summed E-state index contributed by atoms with van der Waals surface area (Å²) in [5, 5.41) is 4.03. The van der Waals surface area contributed by atoms with E-state index < -0.39 is 6.09 Å². The fourth-order valence-electron chi connectivity index (χ4n) is 0.856. The van der Waals surface area contributed by atoms with E-state index in [1.807, 2.05) is 0 Å². The zero-order valence-corrected chi connectivity index (χ0v) is 7.95. The van der Waals surface area contributed by atoms with E-state index in [1.165, 1.54) is 19.3 Å². The number of nitrogens with two attached hydrogens (primary N) is 1. The van der Waals surface area contributed by atoms with E-state index in [9.17, 15) is 4.79 Å². The molecule has 0 bridgehead atoms. The molecule has 0 saturated carbocycles. The number of primary amides is 1. The number of carbonyl (C=O) groups is 1. The van der Waals surface area contributed by atoms with Crippen molar-refractivity contribution in [2.75, 3.05) is 6.61 Å². The molecule has 0 saturated heterocycles. The first-order chi connectivity index (χ1) is 6.27. The van der Waals surface area contributed by atoms with Gasteiger partial charge in [0.15, 0.2) is 0 Å². The van der Waals surface area contributed by atoms with Crippen molar-refractivity contribution in [2.24, 2.45) is 5.73 Å². The molecule has 5 nitrogen and oxygen atoms in total. The van der Waals surface area contributed by atoms with Gasteiger partial charge in [-0.1, -0.05) is 32.6 Å². The average molecular weight is 191 g/mol. The first kappa shape index (κ1) is 12.2. The number of carbonyl (C=O) groups excluding carboxylic acids is 1. The molecule has 0 aliphatic heterocycles. The average Bonchev–Trinajstić information content (AvgIpc) is 2.09. The third kappa shape index (κ3) is 11.2. The van der Waals surface area contributed by atoms with E-state index >= 15 is 0 Å². The summed E-state index contributed by atoms with van der Waals surface area (Å²) in [6.07, 6.45) is 4.61. The van der Waals surface area contributed by atoms with Crippen molar-refractivity contribution >= 4 is 6.09 Å². The predicted molar refractivity (Wildman–Crippen MR) is 46.5 cm³/mol. The van der Waals surface area contributed by atoms with Gasteiger partial charge >= 0.3 is 6.09 Å². The normalized spacial score (nSPS) is 9.92. The van der Waals surface area contributed by atoms with Gasteiger partial charge < -0.3 is 5.73 Å². The lowest BCUT2D eigenvalue weighted by Crippen LogP contribution is -2.13. The van der Waals surface area contributed by atoms with Crippen LogP contribution in [0, 0.1) is 0 Å². The van der Waals surface area contributed by atoms with Crippen LogP contribution < -0.4 is 5.73 Å². The summed E-state index contributed by atoms with van der Waals surface area (Å²) in [5.41, 5.74) is 4.61. The van der Waals surface area contributed by atoms with Crippen LogP contribution in [0.4, 0.5) is 4.79 Å². The molecule has 0 atom stereocenters. The van der Waals surface area contributed by atoms with E-state index in [0.29, 0.717) is 6.61 Å². The number of rotatable bonds is 8. The maximum atomic E-state index is 9.97. The maximum absolute atomic E-state index is 9.97. The minimum atomic E-state index is -1.01. The van der Waals surface area contributed by atoms with Crippen molar-refractivity contribution in [1.29, 1.82) is 0 Å². The van der Waals surface area contributed by atoms with Crippen molar-refractivity contribution in [3.8, 4) is 0 Å². The van der Waals surface area contributed by atoms with E-state index in [-0.39, 0.29) is 0 Å². The largest absolute Gasteiger partial charge is 0.439 e. The summed E-state index contributed by atoms with van der Waals surface area (Å²) in [4.78, 5) is 18.4. The zero-order chi connectivity index (χ0) is 9.94. The quantitative estimate of drug-likeness (QED) is 0.361. The summed E-state index contributed by atoms with van der Waals surface area (Å²) in [7, 11) is 0. The van der Waals surface area contributed by atoms with Crippen molar-refractivity contribution in [3.05, 3.63) is 0 Å². The lowest BCUT2D eigenvalue weighted by Gasteiger charge is -2.00. The molecule has 0 aromatic rings. The van der Waals surface area contributed by atoms with Gasteiger partial charge in [-0.25, -0.2) is 9.68 Å². The molecule has 0 radical (unpaired) electrons. The van der Waals surface area contributed by atoms with Crippen molar-refractivity contribution < 1.29 is 19.6 Å². The molecule has 0 spiro atoms. The molecule has 0 aliphatic rings. The molecule has 0 unspecified atom stereocenters. The Morgan fingerprint density at radius 2 is 1.92 bits per heavy atom. The van der Waals surface area contributed by atoms with Gasteiger partial charge in [-0.2, -0.15) is 4.89 Å². The molecule has 0 aliphatic carbocycles. The summed E-state index contributed by atoms with van der Waals surface area (Å²) in [5.74, 6) is 0. The van der Waals surface area contributed by atoms with Crippen LogP contribution in [0.3, 0.4) is 0 Å². The van der Waals surface area contributed by atoms with Gasteiger partial charge in [0, 0.05) is 0 Å². The highest BCUT2D eigenvalue weighted by atomic mass is 17.5. The Bertz CT molecular complexity index is 129. The molecule has 78 valence electrons. The lowest BCUT2D eigenvalue weighted by atomic mass is 10.2. The molecule has 13 heavy (non-hydrogen) atoms. The van der Waals surface area contributed by atoms with Crippen LogP contribution in [-0.4, -0.2) is 12.7 Å². The topological polar surface area (TPSA) is 70.8 Å². The second-order valence-electron chi connectivity index (χ2n) is 2.71. The molecule has 0 heterocycles. The molecule has 2 N–H and O–H groups in total. The molecular weight excluding hydrogens is 174 g/mol. The van der Waals surface area contributed by atoms with E-state index in [0.717, 1.165) is 12.8 Å². The van der Waals surface area contributed by atoms with Crippen LogP contribution in [-0.2, 0) is 14.8 Å². The minimum absolute atomic E-state index is 0.414. The van der Waals surface area contributed by atoms with Gasteiger partial charge in [-0.15, -0.1) is 0 Å². The Kier molecular flexibility index (Phi) is 8.70. The highest BCUT2D eigenvalue weighted by Crippen LogP contribution is 2.02. The fourth-order valence-corrected chi connectivity index (χ4v) is 0.856. The highest BCUT2D eigenvalue weighted by molar-refractivity contribution is 5.63. The monoisotopic (exact) mass is 191 g/mol. The second-order valence-corrected chi connectivity index (χ2v) is 2.71. The van der Waals surface area contributed by atoms with Crippen LogP contribution in [0.1, 0.15) is 39.0 Å². The third-order valence-electron chi connectivity index (χ3n) is 1.50. The van der Waals surface area contributed by atoms with Crippen LogP contribution in [0.15, 0.2) is 0 Å². The summed E-state index contributed by atoms with van der Waals surface area (Å²) < 4.78 is 0. The summed E-state index contributed by atoms with van der Waals surface area (Å²) in [6, 6.07) is 0. The van der Waals surface area contributed by atoms with Gasteiger partial charge in [0.1, 0.15) is 0 Å². The lowest BCUT2D eigenvalue weighted by molar-refractivity contribution is -0.480. The van der Waals surface area contributed by atoms with Crippen LogP contribution in [0.5, 0.6) is 0 Å². The van der Waals surface area contributed by atoms with Gasteiger partial charge in [-0.3, -0.25) is 0 Å². The minimum Gasteiger partial charge on any atom is -0.333 e. The zero-order valence-electron chi connectivity index (χ0n) is 7.95. The molecule has 0 fully saturated rings. The van der Waals surface area contributed by atoms with E-state index in [4.69, 9.17) is 0 Å². The Balaban J connectivity index is 2.87. The first-order valence-electron chi connectivity index (χ1n) is 4.53. The molecule has 0 aromatic carbocycles. The molecule has 0 aromatic heterocycles. The molecular formula is C8H17NO4. The van der Waals surface area contributed by atoms with Crippen LogP contribution in [0.2, 0.25) is 0 Å². The standard InChI is InChI=1S/C8H17NO4/c1-2-3-4-5-6-7-11-13-12-8(9)10/h2-7H2,1H3,(H2,9,10). The van der Waals surface area contributed by atoms with Gasteiger partial charge in [-0.05, 0) is 11.5 Å². The van der Waals surface area contributed by atoms with Crippen LogP contribution >= 0.6 is 0 Å². The van der Waals surface area contributed by atoms with Crippen molar-refractivity contribution in [3.63, 3.8) is 0 Å². The smallest absolute Gasteiger partial charge is 0.333 e. The molecule has 5 heteroatoms. The maximum Gasteiger partial charge on any atom is 0.439 e. The summed E-state index contributed by atoms with van der Waals surface area (Å²) >= 11 is 0. The van der Waals surface area contributed by atoms with Gasteiger partial charge in [0.25, 0.3) is 0 Å². The third-order valence-corrected chi connectivity index (χ3v) is 1.50. The first-order valence-corrected chi connectivity index (χ1v) is 4.53. The molecule has 1 amide bonds. The Labute approximate surface area is 78.0 Å². The van der Waals surface area contributed by atoms with Gasteiger partial charge in [0.2, 0.25) is 0 Å². The fraction of sp³-hybridized carbons (Fsp3) is 0.875. The number of unbranched alkanes of at least 4 members (excludes halogenated alkanes) is 4. The Morgan fingerprint density at radius 1 is 1.23 bits per heavy atom. The van der Waals surface area contributed by atoms with E-state index in [1.54, 1.807) is 0 Å². The van der Waals surface area contributed by atoms with Crippen molar-refractivity contribution in [2.45, 2.75) is 39.0 Å². The predicted octanol–water partition coefficient (Wildman–Crippen LogP) is 1.92. The number of amides is 1. The van der Waals surface area contributed by atoms with E-state index in [2.05, 4.69) is 27.5 Å². The molecule has 0 rings (SSSR count). The van der Waals surface area contributed by atoms with Crippen LogP contribution in [0.25, 0.3) is 0 Å². The van der Waals surface area contributed by atoms with Gasteiger partial charge in [0.05, 0.1) is 6.61 Å². The number of hydrogen-bond donors (Lipinski definition) is 1. The Hall–Kier alpha value is -0.810.